The van der Waals surface area contributed by atoms with Crippen LogP contribution in [-0.4, -0.2) is 55.5 Å². The fourth-order valence-corrected chi connectivity index (χ4v) is 5.46. The summed E-state index contributed by atoms with van der Waals surface area (Å²) in [7, 11) is -3.62. The largest absolute Gasteiger partial charge is 0.351 e. The lowest BCUT2D eigenvalue weighted by Gasteiger charge is -2.47. The van der Waals surface area contributed by atoms with E-state index in [1.165, 1.54) is 24.2 Å². The van der Waals surface area contributed by atoms with Gasteiger partial charge in [-0.25, -0.2) is 8.42 Å². The van der Waals surface area contributed by atoms with Crippen molar-refractivity contribution in [2.75, 3.05) is 24.2 Å². The second-order valence-corrected chi connectivity index (χ2v) is 11.1. The Bertz CT molecular complexity index is 892. The number of nitrogens with one attached hydrogen (secondary N) is 1. The van der Waals surface area contributed by atoms with Gasteiger partial charge in [0.2, 0.25) is 21.8 Å². The number of sulfonamides is 1. The molecule has 31 heavy (non-hydrogen) atoms. The zero-order valence-electron chi connectivity index (χ0n) is 18.9. The van der Waals surface area contributed by atoms with Crippen LogP contribution < -0.4 is 10.2 Å². The van der Waals surface area contributed by atoms with E-state index in [2.05, 4.69) is 12.2 Å². The first-order valence-corrected chi connectivity index (χ1v) is 13.2. The molecule has 1 aromatic rings. The molecule has 1 aromatic carbocycles. The highest BCUT2D eigenvalue weighted by Gasteiger charge is 2.50. The number of nitrogens with zero attached hydrogens (tertiary/aromatic N) is 2. The fraction of sp³-hybridized carbons (Fsp3) is 0.652. The maximum absolute atomic E-state index is 13.6. The van der Waals surface area contributed by atoms with Gasteiger partial charge in [0.05, 0.1) is 12.8 Å². The Morgan fingerprint density at radius 2 is 1.68 bits per heavy atom. The van der Waals surface area contributed by atoms with Crippen molar-refractivity contribution in [3.8, 4) is 0 Å². The van der Waals surface area contributed by atoms with Crippen molar-refractivity contribution in [2.45, 2.75) is 76.8 Å². The van der Waals surface area contributed by atoms with Gasteiger partial charge in [-0.2, -0.15) is 4.31 Å². The van der Waals surface area contributed by atoms with Gasteiger partial charge in [0.15, 0.2) is 0 Å². The quantitative estimate of drug-likeness (QED) is 0.749. The summed E-state index contributed by atoms with van der Waals surface area (Å²) in [6, 6.07) is 7.62. The predicted molar refractivity (Wildman–Crippen MR) is 122 cm³/mol. The second-order valence-electron chi connectivity index (χ2n) is 9.07. The summed E-state index contributed by atoms with van der Waals surface area (Å²) in [4.78, 5) is 28.2. The van der Waals surface area contributed by atoms with E-state index >= 15 is 0 Å². The lowest BCUT2D eigenvalue weighted by molar-refractivity contribution is -0.133. The third-order valence-electron chi connectivity index (χ3n) is 6.54. The summed E-state index contributed by atoms with van der Waals surface area (Å²) < 4.78 is 25.6. The summed E-state index contributed by atoms with van der Waals surface area (Å²) in [5, 5.41) is 3.16. The van der Waals surface area contributed by atoms with E-state index < -0.39 is 21.5 Å². The molecule has 0 spiro atoms. The molecule has 8 heteroatoms. The van der Waals surface area contributed by atoms with Gasteiger partial charge in [-0.3, -0.25) is 14.5 Å². The van der Waals surface area contributed by atoms with Crippen molar-refractivity contribution >= 4 is 27.5 Å². The standard InChI is InChI=1S/C23H35N3O4S/c1-4-18-12-14-20(15-13-18)26-21(27)16-25(31(3,29)30)17-23(26,2)22(28)24-19-10-8-6-5-7-9-11-19/h12-15,19H,4-11,16-17H2,1-3H3,(H,24,28). The number of anilines is 1. The molecular weight excluding hydrogens is 414 g/mol. The van der Waals surface area contributed by atoms with Crippen molar-refractivity contribution in [1.82, 2.24) is 9.62 Å². The first-order chi connectivity index (χ1) is 14.6. The van der Waals surface area contributed by atoms with Crippen LogP contribution in [0, 0.1) is 0 Å². The molecule has 1 unspecified atom stereocenters. The molecule has 7 nitrogen and oxygen atoms in total. The zero-order valence-corrected chi connectivity index (χ0v) is 19.7. The molecular formula is C23H35N3O4S. The average Bonchev–Trinajstić information content (AvgIpc) is 2.69. The highest BCUT2D eigenvalue weighted by Crippen LogP contribution is 2.31. The predicted octanol–water partition coefficient (Wildman–Crippen LogP) is 2.84. The Kier molecular flexibility index (Phi) is 7.42. The summed E-state index contributed by atoms with van der Waals surface area (Å²) in [6.07, 6.45) is 9.48. The highest BCUT2D eigenvalue weighted by atomic mass is 32.2. The molecule has 172 valence electrons. The Hall–Kier alpha value is -1.93. The van der Waals surface area contributed by atoms with Crippen molar-refractivity contribution in [3.05, 3.63) is 29.8 Å². The minimum atomic E-state index is -3.62. The first kappa shape index (κ1) is 23.7. The second kappa shape index (κ2) is 9.69. The van der Waals surface area contributed by atoms with E-state index in [0.717, 1.165) is 48.2 Å². The molecule has 1 aliphatic heterocycles. The number of benzene rings is 1. The van der Waals surface area contributed by atoms with Crippen LogP contribution in [-0.2, 0) is 26.0 Å². The van der Waals surface area contributed by atoms with Crippen LogP contribution in [0.2, 0.25) is 0 Å². The maximum Gasteiger partial charge on any atom is 0.247 e. The zero-order chi connectivity index (χ0) is 22.6. The summed E-state index contributed by atoms with van der Waals surface area (Å²) in [6.45, 7) is 3.40. The molecule has 1 saturated carbocycles. The van der Waals surface area contributed by atoms with E-state index in [0.29, 0.717) is 5.69 Å². The third kappa shape index (κ3) is 5.47. The van der Waals surface area contributed by atoms with Gasteiger partial charge in [0.25, 0.3) is 0 Å². The number of hydrogen-bond donors (Lipinski definition) is 1. The molecule has 2 aliphatic rings. The maximum atomic E-state index is 13.6. The van der Waals surface area contributed by atoms with Gasteiger partial charge in [-0.05, 0) is 43.9 Å². The molecule has 2 amide bonds. The lowest BCUT2D eigenvalue weighted by atomic mass is 9.92. The molecule has 1 heterocycles. The van der Waals surface area contributed by atoms with Crippen molar-refractivity contribution < 1.29 is 18.0 Å². The van der Waals surface area contributed by atoms with Gasteiger partial charge < -0.3 is 5.32 Å². The molecule has 0 bridgehead atoms. The molecule has 0 radical (unpaired) electrons. The number of carbonyl (C=O) groups is 2. The van der Waals surface area contributed by atoms with Crippen LogP contribution in [0.1, 0.15) is 64.4 Å². The van der Waals surface area contributed by atoms with Crippen molar-refractivity contribution in [3.63, 3.8) is 0 Å². The number of amides is 2. The minimum Gasteiger partial charge on any atom is -0.351 e. The van der Waals surface area contributed by atoms with E-state index in [1.807, 2.05) is 24.3 Å². The highest BCUT2D eigenvalue weighted by molar-refractivity contribution is 7.88. The van der Waals surface area contributed by atoms with Crippen LogP contribution >= 0.6 is 0 Å². The fourth-order valence-electron chi connectivity index (χ4n) is 4.63. The Morgan fingerprint density at radius 3 is 2.23 bits per heavy atom. The number of hydrogen-bond acceptors (Lipinski definition) is 4. The molecule has 1 saturated heterocycles. The normalized spacial score (nSPS) is 24.5. The molecule has 1 N–H and O–H groups in total. The number of carbonyl (C=O) groups excluding carboxylic acids is 2. The van der Waals surface area contributed by atoms with Crippen LogP contribution in [0.25, 0.3) is 0 Å². The average molecular weight is 450 g/mol. The number of piperazine rings is 1. The van der Waals surface area contributed by atoms with Gasteiger partial charge in [0, 0.05) is 18.3 Å². The number of rotatable bonds is 5. The summed E-state index contributed by atoms with van der Waals surface area (Å²) >= 11 is 0. The van der Waals surface area contributed by atoms with Crippen molar-refractivity contribution in [1.29, 1.82) is 0 Å². The van der Waals surface area contributed by atoms with E-state index in [-0.39, 0.29) is 25.0 Å². The van der Waals surface area contributed by atoms with E-state index in [4.69, 9.17) is 0 Å². The van der Waals surface area contributed by atoms with Gasteiger partial charge in [0.1, 0.15) is 5.54 Å². The van der Waals surface area contributed by atoms with E-state index in [9.17, 15) is 18.0 Å². The Morgan fingerprint density at radius 1 is 1.10 bits per heavy atom. The molecule has 1 atom stereocenters. The van der Waals surface area contributed by atoms with Crippen LogP contribution in [0.4, 0.5) is 5.69 Å². The SMILES string of the molecule is CCc1ccc(N2C(=O)CN(S(C)(=O)=O)CC2(C)C(=O)NC2CCCCCCC2)cc1. The molecule has 0 aromatic heterocycles. The minimum absolute atomic E-state index is 0.0534. The van der Waals surface area contributed by atoms with Gasteiger partial charge in [-0.15, -0.1) is 0 Å². The summed E-state index contributed by atoms with van der Waals surface area (Å²) in [5.74, 6) is -0.685. The lowest BCUT2D eigenvalue weighted by Crippen LogP contribution is -2.70. The topological polar surface area (TPSA) is 86.8 Å². The Balaban J connectivity index is 1.93. The van der Waals surface area contributed by atoms with Crippen LogP contribution in [0.5, 0.6) is 0 Å². The first-order valence-electron chi connectivity index (χ1n) is 11.3. The molecule has 2 fully saturated rings. The van der Waals surface area contributed by atoms with E-state index in [1.54, 1.807) is 6.92 Å². The Labute approximate surface area is 186 Å². The molecule has 3 rings (SSSR count). The smallest absolute Gasteiger partial charge is 0.247 e. The van der Waals surface area contributed by atoms with Gasteiger partial charge >= 0.3 is 0 Å². The van der Waals surface area contributed by atoms with Crippen LogP contribution in [0.3, 0.4) is 0 Å². The monoisotopic (exact) mass is 449 g/mol. The number of aryl methyl sites for hydroxylation is 1. The van der Waals surface area contributed by atoms with Crippen molar-refractivity contribution in [2.24, 2.45) is 0 Å². The van der Waals surface area contributed by atoms with Gasteiger partial charge in [-0.1, -0.05) is 51.2 Å². The molecule has 1 aliphatic carbocycles. The summed E-state index contributed by atoms with van der Waals surface area (Å²) in [5.41, 5.74) is 0.423. The van der Waals surface area contributed by atoms with Crippen LogP contribution in [0.15, 0.2) is 24.3 Å². The third-order valence-corrected chi connectivity index (χ3v) is 7.74.